The van der Waals surface area contributed by atoms with Crippen LogP contribution in [0.5, 0.6) is 0 Å². The number of hydrogen-bond donors (Lipinski definition) is 0. The van der Waals surface area contributed by atoms with Crippen molar-refractivity contribution in [2.24, 2.45) is 16.3 Å². The first-order valence-corrected chi connectivity index (χ1v) is 11.3. The summed E-state index contributed by atoms with van der Waals surface area (Å²) in [5.74, 6) is 0.658. The minimum Gasteiger partial charge on any atom is -0.316 e. The van der Waals surface area contributed by atoms with E-state index in [-0.39, 0.29) is 0 Å². The van der Waals surface area contributed by atoms with Gasteiger partial charge in [-0.15, -0.1) is 11.3 Å². The number of nitrogens with zero attached hydrogens (tertiary/aromatic N) is 4. The maximum atomic E-state index is 9.81. The van der Waals surface area contributed by atoms with Crippen molar-refractivity contribution in [1.82, 2.24) is 9.55 Å². The van der Waals surface area contributed by atoms with E-state index >= 15 is 0 Å². The largest absolute Gasteiger partial charge is 0.316 e. The van der Waals surface area contributed by atoms with E-state index in [0.717, 1.165) is 52.5 Å². The minimum atomic E-state index is 0.293. The van der Waals surface area contributed by atoms with Crippen LogP contribution in [0.3, 0.4) is 0 Å². The fourth-order valence-corrected chi connectivity index (χ4v) is 5.67. The Bertz CT molecular complexity index is 1140. The van der Waals surface area contributed by atoms with Crippen molar-refractivity contribution in [3.05, 3.63) is 63.5 Å². The number of aromatic nitrogens is 2. The van der Waals surface area contributed by atoms with Gasteiger partial charge in [0.25, 0.3) is 0 Å². The monoisotopic (exact) mass is 416 g/mol. The third-order valence-electron chi connectivity index (χ3n) is 6.28. The molecule has 1 aliphatic carbocycles. The summed E-state index contributed by atoms with van der Waals surface area (Å²) >= 11 is 1.70. The first-order valence-electron chi connectivity index (χ1n) is 10.5. The summed E-state index contributed by atoms with van der Waals surface area (Å²) in [6.45, 7) is 11.1. The van der Waals surface area contributed by atoms with E-state index in [9.17, 15) is 5.26 Å². The van der Waals surface area contributed by atoms with Crippen LogP contribution in [0.4, 0.5) is 5.00 Å². The van der Waals surface area contributed by atoms with Crippen LogP contribution >= 0.6 is 11.3 Å². The van der Waals surface area contributed by atoms with Crippen molar-refractivity contribution < 1.29 is 0 Å². The molecule has 5 heteroatoms. The predicted octanol–water partition coefficient (Wildman–Crippen LogP) is 6.32. The quantitative estimate of drug-likeness (QED) is 0.469. The molecule has 154 valence electrons. The van der Waals surface area contributed by atoms with Crippen LogP contribution in [0.15, 0.2) is 35.6 Å². The zero-order valence-electron chi connectivity index (χ0n) is 18.4. The second kappa shape index (κ2) is 7.85. The highest BCUT2D eigenvalue weighted by molar-refractivity contribution is 7.16. The van der Waals surface area contributed by atoms with E-state index in [0.29, 0.717) is 11.3 Å². The summed E-state index contributed by atoms with van der Waals surface area (Å²) in [6.07, 6.45) is 8.76. The minimum absolute atomic E-state index is 0.293. The number of aliphatic imine (C=N–C) groups is 1. The zero-order valence-corrected chi connectivity index (χ0v) is 19.2. The Morgan fingerprint density at radius 2 is 2.13 bits per heavy atom. The molecule has 0 N–H and O–H groups in total. The lowest BCUT2D eigenvalue weighted by atomic mass is 9.72. The van der Waals surface area contributed by atoms with Crippen LogP contribution in [0.25, 0.3) is 5.69 Å². The molecule has 1 aliphatic rings. The SMILES string of the molecule is Cc1cc(/C=N/c2sc3c(c2C#N)CCC(C(C)(C)C)C3)c(C)n1-c1cccnc1. The molecule has 4 rings (SSSR count). The second-order valence-electron chi connectivity index (χ2n) is 9.23. The molecule has 0 saturated carbocycles. The molecule has 0 aliphatic heterocycles. The molecule has 4 nitrogen and oxygen atoms in total. The average Bonchev–Trinajstić information content (AvgIpc) is 3.21. The molecule has 3 aromatic rings. The van der Waals surface area contributed by atoms with Crippen LogP contribution in [0, 0.1) is 36.5 Å². The highest BCUT2D eigenvalue weighted by Crippen LogP contribution is 2.44. The van der Waals surface area contributed by atoms with Crippen LogP contribution in [0.1, 0.15) is 60.1 Å². The van der Waals surface area contributed by atoms with Crippen molar-refractivity contribution in [3.8, 4) is 11.8 Å². The molecular formula is C25H28N4S. The van der Waals surface area contributed by atoms with Gasteiger partial charge in [0.2, 0.25) is 0 Å². The Morgan fingerprint density at radius 1 is 1.33 bits per heavy atom. The first kappa shape index (κ1) is 20.6. The number of pyridine rings is 1. The lowest BCUT2D eigenvalue weighted by Crippen LogP contribution is -2.26. The third-order valence-corrected chi connectivity index (χ3v) is 7.44. The number of fused-ring (bicyclic) bond motifs is 1. The van der Waals surface area contributed by atoms with Gasteiger partial charge >= 0.3 is 0 Å². The summed E-state index contributed by atoms with van der Waals surface area (Å²) in [5, 5.41) is 10.7. The van der Waals surface area contributed by atoms with Crippen molar-refractivity contribution in [2.75, 3.05) is 0 Å². The molecule has 0 spiro atoms. The molecule has 1 atom stereocenters. The number of thiophene rings is 1. The summed E-state index contributed by atoms with van der Waals surface area (Å²) in [5.41, 5.74) is 6.68. The summed E-state index contributed by atoms with van der Waals surface area (Å²) < 4.78 is 2.19. The van der Waals surface area contributed by atoms with Crippen molar-refractivity contribution in [1.29, 1.82) is 5.26 Å². The molecule has 0 bridgehead atoms. The first-order chi connectivity index (χ1) is 14.3. The van der Waals surface area contributed by atoms with E-state index < -0.39 is 0 Å². The van der Waals surface area contributed by atoms with Gasteiger partial charge in [-0.2, -0.15) is 5.26 Å². The van der Waals surface area contributed by atoms with E-state index in [1.165, 1.54) is 10.4 Å². The molecule has 3 heterocycles. The van der Waals surface area contributed by atoms with E-state index in [1.54, 1.807) is 17.5 Å². The number of rotatable bonds is 3. The topological polar surface area (TPSA) is 54.0 Å². The average molecular weight is 417 g/mol. The Hall–Kier alpha value is -2.71. The Kier molecular flexibility index (Phi) is 5.38. The molecular weight excluding hydrogens is 388 g/mol. The van der Waals surface area contributed by atoms with Crippen molar-refractivity contribution in [3.63, 3.8) is 0 Å². The number of aryl methyl sites for hydroxylation is 1. The normalized spacial score (nSPS) is 16.6. The predicted molar refractivity (Wildman–Crippen MR) is 124 cm³/mol. The molecule has 1 unspecified atom stereocenters. The third kappa shape index (κ3) is 3.73. The van der Waals surface area contributed by atoms with Gasteiger partial charge in [0.05, 0.1) is 17.4 Å². The molecule has 0 saturated heterocycles. The van der Waals surface area contributed by atoms with Gasteiger partial charge in [0.15, 0.2) is 0 Å². The van der Waals surface area contributed by atoms with Gasteiger partial charge < -0.3 is 4.57 Å². The Balaban J connectivity index is 1.66. The fraction of sp³-hybridized carbons (Fsp3) is 0.400. The van der Waals surface area contributed by atoms with Crippen LogP contribution in [-0.4, -0.2) is 15.8 Å². The maximum Gasteiger partial charge on any atom is 0.134 e. The van der Waals surface area contributed by atoms with Gasteiger partial charge in [-0.05, 0) is 68.2 Å². The fourth-order valence-electron chi connectivity index (χ4n) is 4.45. The number of nitriles is 1. The Labute approximate surface area is 182 Å². The molecule has 0 fully saturated rings. The second-order valence-corrected chi connectivity index (χ2v) is 10.3. The maximum absolute atomic E-state index is 9.81. The van der Waals surface area contributed by atoms with Gasteiger partial charge in [-0.25, -0.2) is 4.99 Å². The molecule has 0 amide bonds. The summed E-state index contributed by atoms with van der Waals surface area (Å²) in [7, 11) is 0. The van der Waals surface area contributed by atoms with Crippen LogP contribution in [0.2, 0.25) is 0 Å². The smallest absolute Gasteiger partial charge is 0.134 e. The molecule has 3 aromatic heterocycles. The Morgan fingerprint density at radius 3 is 2.80 bits per heavy atom. The summed E-state index contributed by atoms with van der Waals surface area (Å²) in [6, 6.07) is 8.58. The molecule has 0 aromatic carbocycles. The zero-order chi connectivity index (χ0) is 21.5. The van der Waals surface area contributed by atoms with Gasteiger partial charge in [0.1, 0.15) is 11.1 Å². The van der Waals surface area contributed by atoms with Gasteiger partial charge in [-0.3, -0.25) is 4.98 Å². The van der Waals surface area contributed by atoms with E-state index in [4.69, 9.17) is 4.99 Å². The number of hydrogen-bond acceptors (Lipinski definition) is 4. The molecule has 30 heavy (non-hydrogen) atoms. The standard InChI is InChI=1S/C25H28N4S/c1-16-11-18(17(2)29(16)20-7-6-10-27-15-20)14-28-24-22(13-26)21-9-8-19(25(3,4)5)12-23(21)30-24/h6-7,10-11,14-15,19H,8-9,12H2,1-5H3/b28-14+. The van der Waals surface area contributed by atoms with E-state index in [2.05, 4.69) is 62.4 Å². The highest BCUT2D eigenvalue weighted by Gasteiger charge is 2.32. The van der Waals surface area contributed by atoms with Gasteiger partial charge in [-0.1, -0.05) is 20.8 Å². The van der Waals surface area contributed by atoms with Crippen molar-refractivity contribution >= 4 is 22.6 Å². The lowest BCUT2D eigenvalue weighted by Gasteiger charge is -2.33. The highest BCUT2D eigenvalue weighted by atomic mass is 32.1. The molecule has 0 radical (unpaired) electrons. The lowest BCUT2D eigenvalue weighted by molar-refractivity contribution is 0.218. The van der Waals surface area contributed by atoms with Gasteiger partial charge in [0, 0.05) is 34.2 Å². The van der Waals surface area contributed by atoms with Crippen molar-refractivity contribution in [2.45, 2.75) is 53.9 Å². The van der Waals surface area contributed by atoms with Crippen LogP contribution in [-0.2, 0) is 12.8 Å². The van der Waals surface area contributed by atoms with E-state index in [1.807, 2.05) is 18.5 Å². The summed E-state index contributed by atoms with van der Waals surface area (Å²) in [4.78, 5) is 10.4. The van der Waals surface area contributed by atoms with Crippen LogP contribution < -0.4 is 0 Å².